The van der Waals surface area contributed by atoms with Crippen LogP contribution in [0.25, 0.3) is 0 Å². The van der Waals surface area contributed by atoms with Gasteiger partial charge in [-0.25, -0.2) is 4.39 Å². The van der Waals surface area contributed by atoms with Crippen LogP contribution in [0.1, 0.15) is 24.8 Å². The van der Waals surface area contributed by atoms with Crippen molar-refractivity contribution >= 4 is 21.8 Å². The highest BCUT2D eigenvalue weighted by atomic mass is 79.9. The highest BCUT2D eigenvalue weighted by molar-refractivity contribution is 9.10. The highest BCUT2D eigenvalue weighted by Crippen LogP contribution is 2.15. The molecule has 0 fully saturated rings. The third-order valence-corrected chi connectivity index (χ3v) is 3.01. The number of hydrogen-bond donors (Lipinski definition) is 2. The molecule has 0 aliphatic carbocycles. The van der Waals surface area contributed by atoms with E-state index in [0.717, 1.165) is 23.7 Å². The highest BCUT2D eigenvalue weighted by Gasteiger charge is 2.08. The smallest absolute Gasteiger partial charge is 0.224 e. The number of rotatable bonds is 7. The Morgan fingerprint density at radius 2 is 2.11 bits per heavy atom. The molecule has 1 aromatic rings. The Kier molecular flexibility index (Phi) is 6.90. The van der Waals surface area contributed by atoms with Crippen molar-refractivity contribution in [3.05, 3.63) is 34.1 Å². The first-order valence-corrected chi connectivity index (χ1v) is 6.74. The summed E-state index contributed by atoms with van der Waals surface area (Å²) in [7, 11) is 0. The molecular weight excluding hydrogens is 301 g/mol. The molecular formula is C13H17BrFNO2. The molecule has 1 aromatic carbocycles. The van der Waals surface area contributed by atoms with Gasteiger partial charge in [0.2, 0.25) is 5.91 Å². The molecule has 2 N–H and O–H groups in total. The summed E-state index contributed by atoms with van der Waals surface area (Å²) in [5, 5.41) is 11.3. The van der Waals surface area contributed by atoms with Gasteiger partial charge in [-0.1, -0.05) is 15.9 Å². The number of aliphatic hydroxyl groups excluding tert-OH is 1. The van der Waals surface area contributed by atoms with Gasteiger partial charge in [0.15, 0.2) is 0 Å². The Morgan fingerprint density at radius 1 is 1.33 bits per heavy atom. The molecule has 0 aliphatic heterocycles. The zero-order chi connectivity index (χ0) is 13.4. The van der Waals surface area contributed by atoms with E-state index in [1.807, 2.05) is 0 Å². The molecule has 0 spiro atoms. The summed E-state index contributed by atoms with van der Waals surface area (Å²) in [5.41, 5.74) is 0.386. The average molecular weight is 318 g/mol. The number of nitrogens with one attached hydrogen (secondary N) is 1. The maximum absolute atomic E-state index is 13.4. The number of amides is 1. The molecule has 0 aliphatic rings. The van der Waals surface area contributed by atoms with Gasteiger partial charge in [-0.15, -0.1) is 0 Å². The molecule has 0 saturated heterocycles. The number of carbonyl (C=O) groups is 1. The van der Waals surface area contributed by atoms with Crippen molar-refractivity contribution in [2.24, 2.45) is 0 Å². The summed E-state index contributed by atoms with van der Waals surface area (Å²) in [6.45, 7) is 0.742. The van der Waals surface area contributed by atoms with E-state index in [1.165, 1.54) is 6.07 Å². The second-order valence-corrected chi connectivity index (χ2v) is 4.96. The first-order chi connectivity index (χ1) is 8.63. The summed E-state index contributed by atoms with van der Waals surface area (Å²) in [5.74, 6) is -0.551. The molecule has 0 atom stereocenters. The second kappa shape index (κ2) is 8.21. The maximum atomic E-state index is 13.4. The van der Waals surface area contributed by atoms with Crippen molar-refractivity contribution in [3.8, 4) is 0 Å². The molecule has 100 valence electrons. The Balaban J connectivity index is 2.33. The number of unbranched alkanes of at least 4 members (excludes halogenated alkanes) is 2. The summed E-state index contributed by atoms with van der Waals surface area (Å²) >= 11 is 3.25. The minimum absolute atomic E-state index is 0.0469. The van der Waals surface area contributed by atoms with E-state index in [-0.39, 0.29) is 24.8 Å². The Morgan fingerprint density at radius 3 is 2.83 bits per heavy atom. The molecule has 0 radical (unpaired) electrons. The van der Waals surface area contributed by atoms with E-state index >= 15 is 0 Å². The normalized spacial score (nSPS) is 10.4. The lowest BCUT2D eigenvalue weighted by Gasteiger charge is -2.06. The fourth-order valence-corrected chi connectivity index (χ4v) is 1.96. The summed E-state index contributed by atoms with van der Waals surface area (Å²) in [4.78, 5) is 11.6. The standard InChI is InChI=1S/C13H17BrFNO2/c14-11-4-5-12(15)10(8-11)9-13(18)16-6-2-1-3-7-17/h4-5,8,17H,1-3,6-7,9H2,(H,16,18). The van der Waals surface area contributed by atoms with Gasteiger partial charge in [-0.05, 0) is 43.0 Å². The molecule has 18 heavy (non-hydrogen) atoms. The first kappa shape index (κ1) is 15.1. The Hall–Kier alpha value is -0.940. The lowest BCUT2D eigenvalue weighted by atomic mass is 10.1. The van der Waals surface area contributed by atoms with E-state index in [0.29, 0.717) is 12.1 Å². The summed E-state index contributed by atoms with van der Waals surface area (Å²) in [6.07, 6.45) is 2.50. The van der Waals surface area contributed by atoms with E-state index in [2.05, 4.69) is 21.2 Å². The summed E-state index contributed by atoms with van der Waals surface area (Å²) < 4.78 is 14.1. The summed E-state index contributed by atoms with van der Waals surface area (Å²) in [6, 6.07) is 4.56. The van der Waals surface area contributed by atoms with Crippen LogP contribution >= 0.6 is 15.9 Å². The molecule has 5 heteroatoms. The van der Waals surface area contributed by atoms with Crippen LogP contribution in [-0.2, 0) is 11.2 Å². The van der Waals surface area contributed by atoms with Gasteiger partial charge >= 0.3 is 0 Å². The third kappa shape index (κ3) is 5.60. The molecule has 3 nitrogen and oxygen atoms in total. The number of benzene rings is 1. The largest absolute Gasteiger partial charge is 0.396 e. The molecule has 1 amide bonds. The lowest BCUT2D eigenvalue weighted by Crippen LogP contribution is -2.26. The monoisotopic (exact) mass is 317 g/mol. The zero-order valence-corrected chi connectivity index (χ0v) is 11.7. The first-order valence-electron chi connectivity index (χ1n) is 5.95. The van der Waals surface area contributed by atoms with Crippen LogP contribution in [0.5, 0.6) is 0 Å². The fraction of sp³-hybridized carbons (Fsp3) is 0.462. The molecule has 0 unspecified atom stereocenters. The molecule has 0 heterocycles. The predicted molar refractivity (Wildman–Crippen MR) is 71.8 cm³/mol. The van der Waals surface area contributed by atoms with Gasteiger partial charge in [0.1, 0.15) is 5.82 Å². The van der Waals surface area contributed by atoms with Crippen molar-refractivity contribution in [1.82, 2.24) is 5.32 Å². The van der Waals surface area contributed by atoms with Crippen LogP contribution in [0.3, 0.4) is 0 Å². The molecule has 0 aromatic heterocycles. The third-order valence-electron chi connectivity index (χ3n) is 2.52. The van der Waals surface area contributed by atoms with Crippen LogP contribution in [0.4, 0.5) is 4.39 Å². The zero-order valence-electron chi connectivity index (χ0n) is 10.1. The number of aliphatic hydroxyl groups is 1. The van der Waals surface area contributed by atoms with Crippen molar-refractivity contribution in [2.45, 2.75) is 25.7 Å². The van der Waals surface area contributed by atoms with Crippen LogP contribution in [-0.4, -0.2) is 24.2 Å². The van der Waals surface area contributed by atoms with Crippen LogP contribution in [0.15, 0.2) is 22.7 Å². The predicted octanol–water partition coefficient (Wildman–Crippen LogP) is 2.41. The Bertz CT molecular complexity index is 399. The number of hydrogen-bond acceptors (Lipinski definition) is 2. The molecule has 0 bridgehead atoms. The number of halogens is 2. The van der Waals surface area contributed by atoms with Gasteiger partial charge in [0.25, 0.3) is 0 Å². The van der Waals surface area contributed by atoms with Crippen molar-refractivity contribution < 1.29 is 14.3 Å². The average Bonchev–Trinajstić information content (AvgIpc) is 2.33. The van der Waals surface area contributed by atoms with E-state index in [9.17, 15) is 9.18 Å². The molecule has 1 rings (SSSR count). The van der Waals surface area contributed by atoms with Crippen molar-refractivity contribution in [2.75, 3.05) is 13.2 Å². The van der Waals surface area contributed by atoms with E-state index < -0.39 is 0 Å². The minimum atomic E-state index is -0.367. The SMILES string of the molecule is O=C(Cc1cc(Br)ccc1F)NCCCCCO. The Labute approximate surface area is 115 Å². The fourth-order valence-electron chi connectivity index (χ4n) is 1.56. The lowest BCUT2D eigenvalue weighted by molar-refractivity contribution is -0.120. The van der Waals surface area contributed by atoms with Gasteiger partial charge in [-0.2, -0.15) is 0 Å². The topological polar surface area (TPSA) is 49.3 Å². The second-order valence-electron chi connectivity index (χ2n) is 4.05. The van der Waals surface area contributed by atoms with Gasteiger partial charge < -0.3 is 10.4 Å². The maximum Gasteiger partial charge on any atom is 0.224 e. The van der Waals surface area contributed by atoms with Gasteiger partial charge in [0, 0.05) is 17.6 Å². The minimum Gasteiger partial charge on any atom is -0.396 e. The molecule has 0 saturated carbocycles. The van der Waals surface area contributed by atoms with Crippen LogP contribution < -0.4 is 5.32 Å². The van der Waals surface area contributed by atoms with Gasteiger partial charge in [-0.3, -0.25) is 4.79 Å². The quantitative estimate of drug-likeness (QED) is 0.759. The van der Waals surface area contributed by atoms with Crippen molar-refractivity contribution in [1.29, 1.82) is 0 Å². The van der Waals surface area contributed by atoms with E-state index in [4.69, 9.17) is 5.11 Å². The van der Waals surface area contributed by atoms with Crippen LogP contribution in [0, 0.1) is 5.82 Å². The van der Waals surface area contributed by atoms with E-state index in [1.54, 1.807) is 12.1 Å². The van der Waals surface area contributed by atoms with Crippen LogP contribution in [0.2, 0.25) is 0 Å². The van der Waals surface area contributed by atoms with Gasteiger partial charge in [0.05, 0.1) is 6.42 Å². The van der Waals surface area contributed by atoms with Crippen molar-refractivity contribution in [3.63, 3.8) is 0 Å². The number of carbonyl (C=O) groups excluding carboxylic acids is 1.